The normalized spacial score (nSPS) is 15.9. The third-order valence-corrected chi connectivity index (χ3v) is 7.02. The second-order valence-corrected chi connectivity index (χ2v) is 8.92. The Balaban J connectivity index is 1.95. The van der Waals surface area contributed by atoms with Gasteiger partial charge in [-0.15, -0.1) is 0 Å². The molecule has 1 N–H and O–H groups in total. The minimum Gasteiger partial charge on any atom is -0.465 e. The maximum atomic E-state index is 13.0. The standard InChI is InChI=1S/C20H30N2O5S/c1-3-4-5-8-13-21-19(23)16-11-14-22(15-12-16)28(25,26)18-10-7-6-9-17(18)20(24)27-2/h6-7,9-10,16H,3-5,8,11-15H2,1-2H3,(H,21,23). The molecule has 1 aromatic rings. The van der Waals surface area contributed by atoms with E-state index in [1.54, 1.807) is 12.1 Å². The molecule has 156 valence electrons. The van der Waals surface area contributed by atoms with Gasteiger partial charge in [0.1, 0.15) is 0 Å². The van der Waals surface area contributed by atoms with Crippen LogP contribution in [0.4, 0.5) is 0 Å². The molecule has 1 amide bonds. The molecule has 0 radical (unpaired) electrons. The zero-order chi connectivity index (χ0) is 20.6. The molecule has 0 atom stereocenters. The van der Waals surface area contributed by atoms with E-state index in [4.69, 9.17) is 4.74 Å². The number of nitrogens with one attached hydrogen (secondary N) is 1. The molecule has 1 heterocycles. The van der Waals surface area contributed by atoms with Gasteiger partial charge in [-0.05, 0) is 31.4 Å². The van der Waals surface area contributed by atoms with Crippen molar-refractivity contribution in [2.45, 2.75) is 50.3 Å². The number of sulfonamides is 1. The highest BCUT2D eigenvalue weighted by molar-refractivity contribution is 7.89. The Morgan fingerprint density at radius 1 is 1.14 bits per heavy atom. The van der Waals surface area contributed by atoms with E-state index < -0.39 is 16.0 Å². The Hall–Kier alpha value is -1.93. The molecule has 0 saturated carbocycles. The summed E-state index contributed by atoms with van der Waals surface area (Å²) in [5.74, 6) is -0.853. The van der Waals surface area contributed by atoms with E-state index in [9.17, 15) is 18.0 Å². The van der Waals surface area contributed by atoms with Crippen LogP contribution in [-0.4, -0.2) is 51.3 Å². The van der Waals surface area contributed by atoms with Gasteiger partial charge in [0.2, 0.25) is 15.9 Å². The third kappa shape index (κ3) is 5.54. The van der Waals surface area contributed by atoms with Crippen molar-refractivity contribution >= 4 is 21.9 Å². The number of hydrogen-bond acceptors (Lipinski definition) is 5. The lowest BCUT2D eigenvalue weighted by molar-refractivity contribution is -0.126. The van der Waals surface area contributed by atoms with Crippen molar-refractivity contribution in [2.75, 3.05) is 26.7 Å². The SMILES string of the molecule is CCCCCCNC(=O)C1CCN(S(=O)(=O)c2ccccc2C(=O)OC)CC1. The van der Waals surface area contributed by atoms with Crippen molar-refractivity contribution in [3.8, 4) is 0 Å². The first-order valence-corrected chi connectivity index (χ1v) is 11.3. The van der Waals surface area contributed by atoms with Crippen LogP contribution in [0.15, 0.2) is 29.2 Å². The molecule has 0 aliphatic carbocycles. The number of unbranched alkanes of at least 4 members (excludes halogenated alkanes) is 3. The van der Waals surface area contributed by atoms with E-state index in [0.29, 0.717) is 19.4 Å². The third-order valence-electron chi connectivity index (χ3n) is 5.06. The Morgan fingerprint density at radius 2 is 1.82 bits per heavy atom. The Morgan fingerprint density at radius 3 is 2.46 bits per heavy atom. The first-order chi connectivity index (χ1) is 13.4. The first-order valence-electron chi connectivity index (χ1n) is 9.87. The smallest absolute Gasteiger partial charge is 0.339 e. The van der Waals surface area contributed by atoms with Crippen molar-refractivity contribution in [3.63, 3.8) is 0 Å². The van der Waals surface area contributed by atoms with Crippen molar-refractivity contribution < 1.29 is 22.7 Å². The molecule has 1 aliphatic rings. The highest BCUT2D eigenvalue weighted by Crippen LogP contribution is 2.26. The van der Waals surface area contributed by atoms with Gasteiger partial charge in [0.15, 0.2) is 0 Å². The fourth-order valence-electron chi connectivity index (χ4n) is 3.38. The number of rotatable bonds is 9. The van der Waals surface area contributed by atoms with Crippen LogP contribution in [-0.2, 0) is 19.6 Å². The molecule has 0 aromatic heterocycles. The maximum absolute atomic E-state index is 13.0. The highest BCUT2D eigenvalue weighted by Gasteiger charge is 2.34. The summed E-state index contributed by atoms with van der Waals surface area (Å²) in [6.45, 7) is 3.32. The number of hydrogen-bond donors (Lipinski definition) is 1. The second kappa shape index (κ2) is 10.6. The Bertz CT molecular complexity index is 771. The Labute approximate surface area is 167 Å². The van der Waals surface area contributed by atoms with Crippen molar-refractivity contribution in [2.24, 2.45) is 5.92 Å². The van der Waals surface area contributed by atoms with Crippen LogP contribution < -0.4 is 5.32 Å². The largest absolute Gasteiger partial charge is 0.465 e. The summed E-state index contributed by atoms with van der Waals surface area (Å²) in [5.41, 5.74) is 0.0249. The van der Waals surface area contributed by atoms with Gasteiger partial charge in [0.25, 0.3) is 0 Å². The van der Waals surface area contributed by atoms with Gasteiger partial charge in [0.05, 0.1) is 17.6 Å². The van der Waals surface area contributed by atoms with Crippen LogP contribution in [0.2, 0.25) is 0 Å². The number of amides is 1. The Kier molecular flexibility index (Phi) is 8.44. The lowest BCUT2D eigenvalue weighted by atomic mass is 9.97. The number of piperidine rings is 1. The number of esters is 1. The van der Waals surface area contributed by atoms with Crippen molar-refractivity contribution in [1.82, 2.24) is 9.62 Å². The lowest BCUT2D eigenvalue weighted by Crippen LogP contribution is -2.43. The lowest BCUT2D eigenvalue weighted by Gasteiger charge is -2.31. The first kappa shape index (κ1) is 22.4. The van der Waals surface area contributed by atoms with Gasteiger partial charge >= 0.3 is 5.97 Å². The molecule has 1 saturated heterocycles. The molecule has 8 heteroatoms. The van der Waals surface area contributed by atoms with Crippen LogP contribution >= 0.6 is 0 Å². The predicted molar refractivity (Wildman–Crippen MR) is 106 cm³/mol. The van der Waals surface area contributed by atoms with Gasteiger partial charge in [-0.2, -0.15) is 4.31 Å². The summed E-state index contributed by atoms with van der Waals surface area (Å²) in [5, 5.41) is 2.96. The van der Waals surface area contributed by atoms with Crippen LogP contribution in [0, 0.1) is 5.92 Å². The van der Waals surface area contributed by atoms with Crippen LogP contribution in [0.1, 0.15) is 55.8 Å². The summed E-state index contributed by atoms with van der Waals surface area (Å²) in [7, 11) is -2.60. The van der Waals surface area contributed by atoms with E-state index in [0.717, 1.165) is 19.3 Å². The molecule has 0 bridgehead atoms. The quantitative estimate of drug-likeness (QED) is 0.499. The highest BCUT2D eigenvalue weighted by atomic mass is 32.2. The monoisotopic (exact) mass is 410 g/mol. The fourth-order valence-corrected chi connectivity index (χ4v) is 5.02. The maximum Gasteiger partial charge on any atom is 0.339 e. The zero-order valence-electron chi connectivity index (χ0n) is 16.6. The summed E-state index contributed by atoms with van der Waals surface area (Å²) < 4.78 is 32.0. The molecular formula is C20H30N2O5S. The summed E-state index contributed by atoms with van der Waals surface area (Å²) in [6, 6.07) is 6.04. The average molecular weight is 411 g/mol. The molecular weight excluding hydrogens is 380 g/mol. The number of carbonyl (C=O) groups excluding carboxylic acids is 2. The van der Waals surface area contributed by atoms with E-state index >= 15 is 0 Å². The van der Waals surface area contributed by atoms with Gasteiger partial charge < -0.3 is 10.1 Å². The fraction of sp³-hybridized carbons (Fsp3) is 0.600. The van der Waals surface area contributed by atoms with Gasteiger partial charge in [0, 0.05) is 25.6 Å². The van der Waals surface area contributed by atoms with Crippen LogP contribution in [0.3, 0.4) is 0 Å². The molecule has 1 fully saturated rings. The number of methoxy groups -OCH3 is 1. The van der Waals surface area contributed by atoms with E-state index in [1.807, 2.05) is 0 Å². The van der Waals surface area contributed by atoms with Crippen LogP contribution in [0.5, 0.6) is 0 Å². The van der Waals surface area contributed by atoms with E-state index in [2.05, 4.69) is 12.2 Å². The number of ether oxygens (including phenoxy) is 1. The van der Waals surface area contributed by atoms with Crippen LogP contribution in [0.25, 0.3) is 0 Å². The zero-order valence-corrected chi connectivity index (χ0v) is 17.5. The number of benzene rings is 1. The molecule has 0 unspecified atom stereocenters. The molecule has 0 spiro atoms. The topological polar surface area (TPSA) is 92.8 Å². The van der Waals surface area contributed by atoms with E-state index in [1.165, 1.54) is 30.0 Å². The summed E-state index contributed by atoms with van der Waals surface area (Å²) >= 11 is 0. The molecule has 7 nitrogen and oxygen atoms in total. The second-order valence-electron chi connectivity index (χ2n) is 7.02. The van der Waals surface area contributed by atoms with Gasteiger partial charge in [-0.3, -0.25) is 4.79 Å². The average Bonchev–Trinajstić information content (AvgIpc) is 2.73. The summed E-state index contributed by atoms with van der Waals surface area (Å²) in [4.78, 5) is 24.2. The predicted octanol–water partition coefficient (Wildman–Crippen LogP) is 2.57. The molecule has 28 heavy (non-hydrogen) atoms. The molecule has 1 aromatic carbocycles. The van der Waals surface area contributed by atoms with E-state index in [-0.39, 0.29) is 35.4 Å². The van der Waals surface area contributed by atoms with Gasteiger partial charge in [-0.25, -0.2) is 13.2 Å². The molecule has 1 aliphatic heterocycles. The van der Waals surface area contributed by atoms with Crippen molar-refractivity contribution in [1.29, 1.82) is 0 Å². The minimum atomic E-state index is -3.82. The molecule has 2 rings (SSSR count). The minimum absolute atomic E-state index is 0.00325. The number of nitrogens with zero attached hydrogens (tertiary/aromatic N) is 1. The number of carbonyl (C=O) groups is 2. The van der Waals surface area contributed by atoms with Gasteiger partial charge in [-0.1, -0.05) is 38.3 Å². The summed E-state index contributed by atoms with van der Waals surface area (Å²) in [6.07, 6.45) is 5.34. The van der Waals surface area contributed by atoms with Crippen molar-refractivity contribution in [3.05, 3.63) is 29.8 Å².